The van der Waals surface area contributed by atoms with E-state index in [1.807, 2.05) is 43.3 Å². The van der Waals surface area contributed by atoms with E-state index in [9.17, 15) is 4.21 Å². The van der Waals surface area contributed by atoms with Gasteiger partial charge in [0.1, 0.15) is 5.75 Å². The van der Waals surface area contributed by atoms with Gasteiger partial charge >= 0.3 is 0 Å². The Morgan fingerprint density at radius 3 is 2.18 bits per heavy atom. The van der Waals surface area contributed by atoms with Crippen molar-refractivity contribution in [1.82, 2.24) is 0 Å². The van der Waals surface area contributed by atoms with E-state index in [0.717, 1.165) is 10.0 Å². The van der Waals surface area contributed by atoms with Gasteiger partial charge in [0.15, 0.2) is 0 Å². The minimum atomic E-state index is -1.47. The zero-order valence-corrected chi connectivity index (χ0v) is 11.6. The Hall–Kier alpha value is -1.13. The lowest BCUT2D eigenvalue weighted by molar-refractivity contribution is 0.562. The van der Waals surface area contributed by atoms with Gasteiger partial charge in [-0.15, -0.1) is 0 Å². The number of halogens is 1. The number of aryl methyl sites for hydroxylation is 1. The first-order valence-corrected chi connectivity index (χ1v) is 6.94. The Morgan fingerprint density at radius 1 is 1.00 bits per heavy atom. The standard InChI is InChI=1S/C13H11BrO2S/c1-10-2-6-12(7-3-10)16-17(15)13-8-4-11(14)5-9-13/h2-9H,1H3. The average molecular weight is 311 g/mol. The second kappa shape index (κ2) is 5.47. The molecule has 0 aliphatic rings. The molecule has 1 atom stereocenters. The molecule has 0 fully saturated rings. The lowest BCUT2D eigenvalue weighted by Crippen LogP contribution is -2.00. The van der Waals surface area contributed by atoms with Gasteiger partial charge in [-0.2, -0.15) is 0 Å². The summed E-state index contributed by atoms with van der Waals surface area (Å²) < 4.78 is 18.2. The predicted molar refractivity (Wildman–Crippen MR) is 72.4 cm³/mol. The molecule has 2 aromatic rings. The molecule has 0 N–H and O–H groups in total. The molecule has 0 aliphatic carbocycles. The summed E-state index contributed by atoms with van der Waals surface area (Å²) in [6, 6.07) is 14.7. The summed E-state index contributed by atoms with van der Waals surface area (Å²) in [6.07, 6.45) is 0. The highest BCUT2D eigenvalue weighted by Crippen LogP contribution is 2.18. The molecule has 0 bridgehead atoms. The maximum absolute atomic E-state index is 11.9. The predicted octanol–water partition coefficient (Wildman–Crippen LogP) is 3.86. The summed E-state index contributed by atoms with van der Waals surface area (Å²) in [5, 5.41) is 0. The molecule has 0 saturated carbocycles. The van der Waals surface area contributed by atoms with Gasteiger partial charge in [-0.05, 0) is 43.3 Å². The summed E-state index contributed by atoms with van der Waals surface area (Å²) in [6.45, 7) is 2.00. The van der Waals surface area contributed by atoms with Gasteiger partial charge in [0.2, 0.25) is 11.1 Å². The third-order valence-corrected chi connectivity index (χ3v) is 3.73. The molecular formula is C13H11BrO2S. The molecule has 0 saturated heterocycles. The molecule has 2 rings (SSSR count). The van der Waals surface area contributed by atoms with Crippen molar-refractivity contribution in [2.45, 2.75) is 11.8 Å². The van der Waals surface area contributed by atoms with Gasteiger partial charge in [0.05, 0.1) is 4.90 Å². The Morgan fingerprint density at radius 2 is 1.59 bits per heavy atom. The van der Waals surface area contributed by atoms with Crippen LogP contribution >= 0.6 is 15.9 Å². The van der Waals surface area contributed by atoms with Crippen LogP contribution in [-0.4, -0.2) is 4.21 Å². The third-order valence-electron chi connectivity index (χ3n) is 2.20. The average Bonchev–Trinajstić information content (AvgIpc) is 2.33. The Balaban J connectivity index is 2.11. The molecule has 4 heteroatoms. The van der Waals surface area contributed by atoms with Crippen LogP contribution in [0.1, 0.15) is 5.56 Å². The van der Waals surface area contributed by atoms with Crippen molar-refractivity contribution in [1.29, 1.82) is 0 Å². The highest BCUT2D eigenvalue weighted by Gasteiger charge is 2.05. The molecule has 1 unspecified atom stereocenters. The van der Waals surface area contributed by atoms with Gasteiger partial charge in [-0.25, -0.2) is 4.21 Å². The lowest BCUT2D eigenvalue weighted by atomic mass is 10.2. The molecule has 0 heterocycles. The second-order valence-electron chi connectivity index (χ2n) is 3.59. The van der Waals surface area contributed by atoms with Gasteiger partial charge in [0, 0.05) is 4.47 Å². The van der Waals surface area contributed by atoms with E-state index in [1.54, 1.807) is 12.1 Å². The van der Waals surface area contributed by atoms with E-state index in [2.05, 4.69) is 15.9 Å². The summed E-state index contributed by atoms with van der Waals surface area (Å²) in [7, 11) is 0. The fraction of sp³-hybridized carbons (Fsp3) is 0.0769. The number of benzene rings is 2. The smallest absolute Gasteiger partial charge is 0.240 e. The zero-order chi connectivity index (χ0) is 12.3. The highest BCUT2D eigenvalue weighted by atomic mass is 79.9. The molecule has 0 spiro atoms. The summed E-state index contributed by atoms with van der Waals surface area (Å²) in [5.74, 6) is 0.608. The van der Waals surface area contributed by atoms with Crippen molar-refractivity contribution in [3.63, 3.8) is 0 Å². The van der Waals surface area contributed by atoms with Crippen molar-refractivity contribution in [3.05, 3.63) is 58.6 Å². The molecule has 0 aliphatic heterocycles. The molecule has 0 aromatic heterocycles. The van der Waals surface area contributed by atoms with Crippen LogP contribution in [0.25, 0.3) is 0 Å². The first-order valence-electron chi connectivity index (χ1n) is 5.07. The third kappa shape index (κ3) is 3.41. The molecule has 2 nitrogen and oxygen atoms in total. The van der Waals surface area contributed by atoms with Gasteiger partial charge in [-0.3, -0.25) is 0 Å². The lowest BCUT2D eigenvalue weighted by Gasteiger charge is -2.05. The van der Waals surface area contributed by atoms with Crippen LogP contribution in [0.2, 0.25) is 0 Å². The van der Waals surface area contributed by atoms with E-state index >= 15 is 0 Å². The largest absolute Gasteiger partial charge is 0.397 e. The van der Waals surface area contributed by atoms with E-state index in [1.165, 1.54) is 0 Å². The van der Waals surface area contributed by atoms with Crippen LogP contribution in [0, 0.1) is 6.92 Å². The van der Waals surface area contributed by atoms with E-state index in [0.29, 0.717) is 10.6 Å². The molecule has 0 amide bonds. The highest BCUT2D eigenvalue weighted by molar-refractivity contribution is 9.10. The molecule has 0 radical (unpaired) electrons. The summed E-state index contributed by atoms with van der Waals surface area (Å²) >= 11 is 1.86. The Bertz CT molecular complexity index is 520. The van der Waals surface area contributed by atoms with Gasteiger partial charge in [-0.1, -0.05) is 33.6 Å². The van der Waals surface area contributed by atoms with Crippen LogP contribution in [0.5, 0.6) is 5.75 Å². The van der Waals surface area contributed by atoms with Crippen LogP contribution < -0.4 is 4.18 Å². The maximum Gasteiger partial charge on any atom is 0.240 e. The zero-order valence-electron chi connectivity index (χ0n) is 9.22. The van der Waals surface area contributed by atoms with E-state index < -0.39 is 11.1 Å². The second-order valence-corrected chi connectivity index (χ2v) is 5.61. The maximum atomic E-state index is 11.9. The minimum Gasteiger partial charge on any atom is -0.397 e. The molecule has 88 valence electrons. The van der Waals surface area contributed by atoms with Gasteiger partial charge in [0.25, 0.3) is 0 Å². The molecular weight excluding hydrogens is 300 g/mol. The Labute approximate surface area is 111 Å². The van der Waals surface area contributed by atoms with Crippen LogP contribution in [-0.2, 0) is 11.1 Å². The number of rotatable bonds is 3. The summed E-state index contributed by atoms with van der Waals surface area (Å²) in [4.78, 5) is 0.647. The van der Waals surface area contributed by atoms with Crippen molar-refractivity contribution < 1.29 is 8.39 Å². The number of hydrogen-bond acceptors (Lipinski definition) is 2. The van der Waals surface area contributed by atoms with Crippen molar-refractivity contribution in [2.75, 3.05) is 0 Å². The number of hydrogen-bond donors (Lipinski definition) is 0. The SMILES string of the molecule is Cc1ccc(OS(=O)c2ccc(Br)cc2)cc1. The minimum absolute atomic E-state index is 0.608. The van der Waals surface area contributed by atoms with Crippen LogP contribution in [0.4, 0.5) is 0 Å². The van der Waals surface area contributed by atoms with Crippen molar-refractivity contribution in [3.8, 4) is 5.75 Å². The normalized spacial score (nSPS) is 12.1. The topological polar surface area (TPSA) is 26.3 Å². The summed E-state index contributed by atoms with van der Waals surface area (Å²) in [5.41, 5.74) is 1.15. The van der Waals surface area contributed by atoms with Crippen molar-refractivity contribution >= 4 is 27.0 Å². The molecule has 2 aromatic carbocycles. The molecule has 17 heavy (non-hydrogen) atoms. The monoisotopic (exact) mass is 310 g/mol. The van der Waals surface area contributed by atoms with E-state index in [-0.39, 0.29) is 0 Å². The van der Waals surface area contributed by atoms with Crippen molar-refractivity contribution in [2.24, 2.45) is 0 Å². The van der Waals surface area contributed by atoms with Gasteiger partial charge < -0.3 is 4.18 Å². The quantitative estimate of drug-likeness (QED) is 0.860. The first kappa shape index (κ1) is 12.3. The fourth-order valence-electron chi connectivity index (χ4n) is 1.28. The first-order chi connectivity index (χ1) is 8.15. The van der Waals surface area contributed by atoms with Crippen LogP contribution in [0.3, 0.4) is 0 Å². The fourth-order valence-corrected chi connectivity index (χ4v) is 2.28. The van der Waals surface area contributed by atoms with E-state index in [4.69, 9.17) is 4.18 Å². The Kier molecular flexibility index (Phi) is 3.97. The van der Waals surface area contributed by atoms with Crippen LogP contribution in [0.15, 0.2) is 57.9 Å².